The van der Waals surface area contributed by atoms with Crippen molar-refractivity contribution in [2.75, 3.05) is 159 Å². The summed E-state index contributed by atoms with van der Waals surface area (Å²) < 4.78 is 15.0. The molecule has 8 heterocycles. The summed E-state index contributed by atoms with van der Waals surface area (Å²) in [5, 5.41) is 35.8. The predicted molar refractivity (Wildman–Crippen MR) is 558 cm³/mol. The fraction of sp³-hybridized carbons (Fsp3) is 0.476. The third kappa shape index (κ3) is 30.9. The Hall–Kier alpha value is -9.28. The van der Waals surface area contributed by atoms with Gasteiger partial charge in [0.2, 0.25) is 18.4 Å². The van der Waals surface area contributed by atoms with E-state index in [2.05, 4.69) is 159 Å². The molecule has 1 aliphatic carbocycles. The molecule has 25 nitrogen and oxygen atoms in total. The van der Waals surface area contributed by atoms with Crippen LogP contribution in [0.4, 0.5) is 38.5 Å². The number of amides is 4. The third-order valence-corrected chi connectivity index (χ3v) is 29.2. The van der Waals surface area contributed by atoms with Crippen molar-refractivity contribution in [3.63, 3.8) is 0 Å². The molecular weight excluding hydrogens is 1880 g/mol. The Kier molecular flexibility index (Phi) is 41.5. The minimum Gasteiger partial charge on any atom is -0.444 e. The van der Waals surface area contributed by atoms with Crippen LogP contribution in [-0.4, -0.2) is 260 Å². The van der Waals surface area contributed by atoms with Crippen LogP contribution in [0.15, 0.2) is 206 Å². The summed E-state index contributed by atoms with van der Waals surface area (Å²) in [7, 11) is 8.08. The average Bonchev–Trinajstić information content (AvgIpc) is 1.76. The van der Waals surface area contributed by atoms with Crippen LogP contribution < -0.4 is 15.5 Å². The van der Waals surface area contributed by atoms with E-state index >= 15 is 0 Å². The lowest BCUT2D eigenvalue weighted by Crippen LogP contribution is -2.45. The number of halogens is 3. The molecule has 15 rings (SSSR count). The van der Waals surface area contributed by atoms with Crippen molar-refractivity contribution in [1.29, 1.82) is 0 Å². The van der Waals surface area contributed by atoms with E-state index in [0.29, 0.717) is 93.0 Å². The van der Waals surface area contributed by atoms with E-state index in [1.165, 1.54) is 54.9 Å². The number of nitrogens with one attached hydrogen (secondary N) is 2. The summed E-state index contributed by atoms with van der Waals surface area (Å²) in [4.78, 5) is 85.1. The van der Waals surface area contributed by atoms with Gasteiger partial charge in [0.1, 0.15) is 11.2 Å². The number of hydrogen-bond acceptors (Lipinski definition) is 21. The van der Waals surface area contributed by atoms with Gasteiger partial charge >= 0.3 is 12.2 Å². The number of rotatable bonds is 23. The van der Waals surface area contributed by atoms with Crippen molar-refractivity contribution >= 4 is 150 Å². The number of nitrogens with zero attached hydrogens (tertiary/aromatic N) is 15. The van der Waals surface area contributed by atoms with Crippen LogP contribution in [0.5, 0.6) is 0 Å². The number of aliphatic hydroxyl groups is 2. The summed E-state index contributed by atoms with van der Waals surface area (Å²) in [6.07, 6.45) is 24.6. The summed E-state index contributed by atoms with van der Waals surface area (Å²) >= 11 is 21.5. The van der Waals surface area contributed by atoms with Gasteiger partial charge in [0, 0.05) is 166 Å². The highest BCUT2D eigenvalue weighted by atomic mass is 79.9. The van der Waals surface area contributed by atoms with E-state index in [1.807, 2.05) is 193 Å². The van der Waals surface area contributed by atoms with Crippen LogP contribution in [0, 0.1) is 13.1 Å². The maximum Gasteiger partial charge on any atom is 0.410 e. The quantitative estimate of drug-likeness (QED) is 0.0264. The molecule has 6 aromatic carbocycles. The third-order valence-electron chi connectivity index (χ3n) is 25.3. The van der Waals surface area contributed by atoms with Gasteiger partial charge in [-0.3, -0.25) is 9.59 Å². The van der Waals surface area contributed by atoms with Crippen molar-refractivity contribution < 1.29 is 38.9 Å². The van der Waals surface area contributed by atoms with Gasteiger partial charge in [-0.2, -0.15) is 9.97 Å². The highest BCUT2D eigenvalue weighted by molar-refractivity contribution is 9.10. The number of carbonyl (C=O) groups is 4. The first-order valence-electron chi connectivity index (χ1n) is 46.1. The van der Waals surface area contributed by atoms with Gasteiger partial charge < -0.3 is 74.3 Å². The molecule has 4 N–H and O–H groups in total. The van der Waals surface area contributed by atoms with Gasteiger partial charge in [-0.1, -0.05) is 55.7 Å². The number of pyridine rings is 2. The largest absolute Gasteiger partial charge is 0.444 e. The van der Waals surface area contributed by atoms with Gasteiger partial charge in [-0.25, -0.2) is 31.8 Å². The van der Waals surface area contributed by atoms with Crippen molar-refractivity contribution in [2.45, 2.75) is 191 Å². The molecule has 135 heavy (non-hydrogen) atoms. The number of piperidine rings is 4. The van der Waals surface area contributed by atoms with Crippen LogP contribution in [0.2, 0.25) is 0 Å². The van der Waals surface area contributed by atoms with Crippen molar-refractivity contribution in [2.24, 2.45) is 0 Å². The van der Waals surface area contributed by atoms with Crippen molar-refractivity contribution in [3.8, 4) is 0 Å². The van der Waals surface area contributed by atoms with Gasteiger partial charge in [-0.15, -0.1) is 80.4 Å². The van der Waals surface area contributed by atoms with E-state index in [0.717, 1.165) is 135 Å². The zero-order chi connectivity index (χ0) is 97.5. The smallest absolute Gasteiger partial charge is 0.410 e. The molecule has 0 radical (unpaired) electrons. The molecule has 4 saturated heterocycles. The number of thioether (sulfide) groups is 4. The molecule has 0 bridgehead atoms. The lowest BCUT2D eigenvalue weighted by molar-refractivity contribution is 0.0180. The molecule has 0 spiro atoms. The SMILES string of the molecule is CC(C)(C)OC(=O)N(CCCl)CCCl.CN1CCC(N(C)C(=O)c2ccc(Nc3nc4c(Br)cccn4n3)cc2)CC1.CSc1ccc(C2(CO)CCCCC2)cc1.CSc1ccc(C2(CO)CCN(c3cccn4nc(Nc5ccc(C(=O)N(C)C6CCN(C)CC6)cc5)nc34)CC2)cc1.[C-]#[N+]C1(c2ccc(SC)cc2)CCN(C(=O)OC(C)(C)C)CC1.[C-]#[N+]Cc1ccc(SC)cc1. The Labute approximate surface area is 834 Å². The first-order valence-corrected chi connectivity index (χ1v) is 52.9. The Morgan fingerprint density at radius 2 is 0.919 bits per heavy atom. The second-order valence-electron chi connectivity index (χ2n) is 36.7. The van der Waals surface area contributed by atoms with Gasteiger partial charge in [0.15, 0.2) is 11.3 Å². The van der Waals surface area contributed by atoms with Gasteiger partial charge in [0.05, 0.1) is 23.4 Å². The molecule has 0 atom stereocenters. The van der Waals surface area contributed by atoms with Crippen LogP contribution in [0.25, 0.3) is 21.0 Å². The zero-order valence-corrected chi connectivity index (χ0v) is 87.0. The molecule has 4 aromatic heterocycles. The fourth-order valence-corrected chi connectivity index (χ4v) is 19.5. The molecule has 32 heteroatoms. The van der Waals surface area contributed by atoms with Gasteiger partial charge in [-0.05, 0) is 319 Å². The number of alkyl halides is 2. The van der Waals surface area contributed by atoms with E-state index in [4.69, 9.17) is 50.8 Å². The lowest BCUT2D eigenvalue weighted by atomic mass is 9.70. The van der Waals surface area contributed by atoms with E-state index in [1.54, 1.807) is 61.0 Å². The number of hydrogen-bond donors (Lipinski definition) is 4. The monoisotopic (exact) mass is 2010 g/mol. The highest BCUT2D eigenvalue weighted by Gasteiger charge is 2.45. The maximum absolute atomic E-state index is 13.1. The molecule has 4 aliphatic heterocycles. The van der Waals surface area contributed by atoms with Crippen LogP contribution >= 0.6 is 86.2 Å². The number of carbonyl (C=O) groups excluding carboxylic acids is 4. The number of benzene rings is 6. The topological polar surface area (TPSA) is 243 Å². The number of anilines is 5. The number of fused-ring (bicyclic) bond motifs is 2. The normalized spacial score (nSPS) is 16.1. The van der Waals surface area contributed by atoms with Crippen molar-refractivity contribution in [1.82, 2.24) is 58.6 Å². The fourth-order valence-electron chi connectivity index (χ4n) is 17.0. The number of aliphatic hydroxyl groups excluding tert-OH is 2. The zero-order valence-electron chi connectivity index (χ0n) is 80.6. The van der Waals surface area contributed by atoms with Crippen LogP contribution in [0.3, 0.4) is 0 Å². The van der Waals surface area contributed by atoms with Crippen LogP contribution in [0.1, 0.15) is 168 Å². The Morgan fingerprint density at radius 3 is 1.31 bits per heavy atom. The Morgan fingerprint density at radius 1 is 0.519 bits per heavy atom. The Bertz CT molecular complexity index is 5460. The minimum absolute atomic E-state index is 0.0508. The number of likely N-dealkylation sites (tertiary alicyclic amines) is 3. The van der Waals surface area contributed by atoms with Gasteiger partial charge in [0.25, 0.3) is 17.4 Å². The molecule has 10 aromatic rings. The maximum atomic E-state index is 13.1. The van der Waals surface area contributed by atoms with Crippen LogP contribution in [-0.2, 0) is 32.4 Å². The summed E-state index contributed by atoms with van der Waals surface area (Å²) in [5.74, 6) is 1.91. The molecule has 5 fully saturated rings. The highest BCUT2D eigenvalue weighted by Crippen LogP contribution is 2.43. The second-order valence-corrected chi connectivity index (χ2v) is 41.8. The van der Waals surface area contributed by atoms with E-state index in [9.17, 15) is 29.4 Å². The van der Waals surface area contributed by atoms with E-state index < -0.39 is 16.7 Å². The minimum atomic E-state index is -0.518. The first-order chi connectivity index (χ1) is 64.8. The second kappa shape index (κ2) is 51.9. The lowest BCUT2D eigenvalue weighted by Gasteiger charge is -2.42. The molecule has 0 unspecified atom stereocenters. The van der Waals surface area contributed by atoms with E-state index in [-0.39, 0.29) is 47.5 Å². The molecule has 4 amide bonds. The number of aromatic nitrogens is 6. The molecule has 5 aliphatic rings. The Balaban J connectivity index is 0.000000179. The summed E-state index contributed by atoms with van der Waals surface area (Å²) in [5.41, 5.74) is 8.63. The molecular formula is C103H134BrCl2N17O8S4. The van der Waals surface area contributed by atoms with Crippen molar-refractivity contribution in [3.05, 3.63) is 243 Å². The average molecular weight is 2020 g/mol. The molecule has 1 saturated carbocycles. The first kappa shape index (κ1) is 108. The summed E-state index contributed by atoms with van der Waals surface area (Å²) in [6.45, 7) is 34.1. The number of ether oxygens (including phenoxy) is 2. The predicted octanol–water partition coefficient (Wildman–Crippen LogP) is 22.0. The molecule has 724 valence electrons. The standard InChI is InChI=1S/C33H41N7O2S.C20H23BrN6O.C18H24N2O2S.C14H20OS.C9H17Cl2NO2.C9H9NS/c1-37-19-14-27(15-20-37)38(2)31(42)24-6-10-26(11-7-24)34-32-35-30-29(5-4-18-40(30)36-32)39-21-16-33(23-41,17-22-39)25-8-12-28(43-3)13-9-25;1-25-12-9-16(10-13-25)26(2)19(28)14-5-7-15(8-6-14)22-20-23-18-17(21)4-3-11-27(18)24-20;1-17(2,3)22-16(21)20-12-10-18(19-4,11-13-20)14-6-8-15(23-5)9-7-14;1-16-13-7-5-12(6-8-13)14(11-15)9-3-2-4-10-14;1-9(2,3)14-8(13)12(6-4-10)7-5-11;1-10-7-8-3-5-9(11-2)6-4-8/h4-13,18,27,41H,14-17,19-23H2,1-3H3,(H,34,36);3-8,11,16H,9-10,12-13H2,1-2H3,(H,22,24);6-9H,10-13H2,1-3,5H3;5-8,15H,2-4,9-11H2,1H3;4-7H2,1-3H3;3-6H,7H2,2H3. The summed E-state index contributed by atoms with van der Waals surface area (Å²) in [6, 6.07) is 57.2.